The van der Waals surface area contributed by atoms with Crippen LogP contribution in [-0.2, 0) is 11.2 Å². The number of allylic oxidation sites excluding steroid dienone is 1. The summed E-state index contributed by atoms with van der Waals surface area (Å²) in [4.78, 5) is 27.3. The molecule has 1 aliphatic heterocycles. The molecule has 2 aromatic rings. The summed E-state index contributed by atoms with van der Waals surface area (Å²) in [5.41, 5.74) is 2.29. The van der Waals surface area contributed by atoms with E-state index in [-0.39, 0.29) is 23.8 Å². The van der Waals surface area contributed by atoms with Crippen LogP contribution in [0.25, 0.3) is 0 Å². The zero-order valence-corrected chi connectivity index (χ0v) is 17.1. The Morgan fingerprint density at radius 2 is 1.93 bits per heavy atom. The van der Waals surface area contributed by atoms with Gasteiger partial charge >= 0.3 is 0 Å². The molecule has 2 amide bonds. The number of hydrogen-bond donors (Lipinski definition) is 1. The van der Waals surface area contributed by atoms with Crippen LogP contribution in [0.15, 0.2) is 67.3 Å². The molecule has 1 heterocycles. The molecule has 2 aromatic carbocycles. The molecule has 5 nitrogen and oxygen atoms in total. The Labute approximate surface area is 178 Å². The van der Waals surface area contributed by atoms with Crippen LogP contribution in [0.5, 0.6) is 0 Å². The normalized spacial score (nSPS) is 18.1. The number of hydrogen-bond acceptors (Lipinski definition) is 3. The number of nitrogens with one attached hydrogen (secondary N) is 1. The van der Waals surface area contributed by atoms with Crippen LogP contribution in [0, 0.1) is 17.2 Å². The SMILES string of the molecule is C=CC[C@@H]1C[C@@H](CNC(=O)c2ccc(C#N)cc2)N(CCCc2ccccc2)C1=O. The molecule has 1 fully saturated rings. The van der Waals surface area contributed by atoms with Crippen molar-refractivity contribution < 1.29 is 9.59 Å². The predicted octanol–water partition coefficient (Wildman–Crippen LogP) is 3.71. The van der Waals surface area contributed by atoms with Crippen LogP contribution in [0.1, 0.15) is 40.7 Å². The molecule has 0 bridgehead atoms. The zero-order valence-electron chi connectivity index (χ0n) is 17.1. The second kappa shape index (κ2) is 10.4. The zero-order chi connectivity index (χ0) is 21.3. The Hall–Kier alpha value is -3.39. The minimum absolute atomic E-state index is 0.0134. The maximum absolute atomic E-state index is 12.9. The van der Waals surface area contributed by atoms with Crippen LogP contribution in [0.2, 0.25) is 0 Å². The molecule has 3 rings (SSSR count). The molecule has 1 saturated heterocycles. The summed E-state index contributed by atoms with van der Waals surface area (Å²) in [6.45, 7) is 4.87. The molecule has 154 valence electrons. The van der Waals surface area contributed by atoms with Gasteiger partial charge in [-0.1, -0.05) is 36.4 Å². The lowest BCUT2D eigenvalue weighted by Gasteiger charge is -2.25. The lowest BCUT2D eigenvalue weighted by molar-refractivity contribution is -0.132. The van der Waals surface area contributed by atoms with Crippen LogP contribution in [-0.4, -0.2) is 35.8 Å². The number of likely N-dealkylation sites (tertiary alicyclic amines) is 1. The van der Waals surface area contributed by atoms with E-state index < -0.39 is 0 Å². The summed E-state index contributed by atoms with van der Waals surface area (Å²) >= 11 is 0. The fourth-order valence-electron chi connectivity index (χ4n) is 3.96. The molecule has 0 unspecified atom stereocenters. The quantitative estimate of drug-likeness (QED) is 0.651. The molecule has 2 atom stereocenters. The number of nitriles is 1. The average Bonchev–Trinajstić information content (AvgIpc) is 3.08. The van der Waals surface area contributed by atoms with E-state index in [0.717, 1.165) is 19.3 Å². The number of aryl methyl sites for hydroxylation is 1. The second-order valence-corrected chi connectivity index (χ2v) is 7.63. The van der Waals surface area contributed by atoms with Gasteiger partial charge in [-0.25, -0.2) is 0 Å². The molecule has 1 aliphatic rings. The van der Waals surface area contributed by atoms with Gasteiger partial charge in [0, 0.05) is 30.6 Å². The van der Waals surface area contributed by atoms with E-state index in [1.54, 1.807) is 30.3 Å². The molecule has 5 heteroatoms. The van der Waals surface area contributed by atoms with Gasteiger partial charge < -0.3 is 10.2 Å². The summed E-state index contributed by atoms with van der Waals surface area (Å²) in [6, 6.07) is 18.8. The summed E-state index contributed by atoms with van der Waals surface area (Å²) < 4.78 is 0. The first-order valence-electron chi connectivity index (χ1n) is 10.4. The van der Waals surface area contributed by atoms with Crippen molar-refractivity contribution in [3.8, 4) is 6.07 Å². The fraction of sp³-hybridized carbons (Fsp3) is 0.320. The molecule has 1 N–H and O–H groups in total. The predicted molar refractivity (Wildman–Crippen MR) is 117 cm³/mol. The van der Waals surface area contributed by atoms with Crippen molar-refractivity contribution in [2.75, 3.05) is 13.1 Å². The van der Waals surface area contributed by atoms with Crippen molar-refractivity contribution in [3.63, 3.8) is 0 Å². The Balaban J connectivity index is 1.59. The molecular weight excluding hydrogens is 374 g/mol. The smallest absolute Gasteiger partial charge is 0.251 e. The average molecular weight is 402 g/mol. The van der Waals surface area contributed by atoms with Crippen LogP contribution in [0.3, 0.4) is 0 Å². The van der Waals surface area contributed by atoms with E-state index in [0.29, 0.717) is 30.6 Å². The Kier molecular flexibility index (Phi) is 7.40. The van der Waals surface area contributed by atoms with Gasteiger partial charge in [0.2, 0.25) is 5.91 Å². The van der Waals surface area contributed by atoms with Crippen LogP contribution >= 0.6 is 0 Å². The molecular formula is C25H27N3O2. The van der Waals surface area contributed by atoms with Crippen molar-refractivity contribution in [2.24, 2.45) is 5.92 Å². The Morgan fingerprint density at radius 1 is 1.20 bits per heavy atom. The third-order valence-corrected chi connectivity index (χ3v) is 5.56. The van der Waals surface area contributed by atoms with Crippen molar-refractivity contribution in [3.05, 3.63) is 83.9 Å². The minimum Gasteiger partial charge on any atom is -0.350 e. The lowest BCUT2D eigenvalue weighted by atomic mass is 10.0. The monoisotopic (exact) mass is 401 g/mol. The van der Waals surface area contributed by atoms with E-state index in [1.165, 1.54) is 5.56 Å². The maximum Gasteiger partial charge on any atom is 0.251 e. The van der Waals surface area contributed by atoms with E-state index in [1.807, 2.05) is 29.2 Å². The number of amides is 2. The topological polar surface area (TPSA) is 73.2 Å². The molecule has 0 aromatic heterocycles. The van der Waals surface area contributed by atoms with E-state index in [2.05, 4.69) is 24.0 Å². The molecule has 0 spiro atoms. The van der Waals surface area contributed by atoms with E-state index in [9.17, 15) is 9.59 Å². The van der Waals surface area contributed by atoms with Crippen LogP contribution < -0.4 is 5.32 Å². The highest BCUT2D eigenvalue weighted by Crippen LogP contribution is 2.28. The van der Waals surface area contributed by atoms with Gasteiger partial charge in [-0.05, 0) is 55.5 Å². The number of carbonyl (C=O) groups is 2. The lowest BCUT2D eigenvalue weighted by Crippen LogP contribution is -2.42. The minimum atomic E-state index is -0.191. The third-order valence-electron chi connectivity index (χ3n) is 5.56. The van der Waals surface area contributed by atoms with Crippen molar-refractivity contribution in [1.82, 2.24) is 10.2 Å². The fourth-order valence-corrected chi connectivity index (χ4v) is 3.96. The van der Waals surface area contributed by atoms with Gasteiger partial charge in [0.25, 0.3) is 5.91 Å². The van der Waals surface area contributed by atoms with E-state index >= 15 is 0 Å². The standard InChI is InChI=1S/C25H27N3O2/c1-2-7-22-16-23(18-27-24(29)21-13-11-20(17-26)12-14-21)28(25(22)30)15-6-10-19-8-4-3-5-9-19/h2-5,8-9,11-14,22-23H,1,6-7,10,15-16,18H2,(H,27,29)/t22-,23+/m1/s1. The van der Waals surface area contributed by atoms with Gasteiger partial charge in [-0.15, -0.1) is 6.58 Å². The number of carbonyl (C=O) groups excluding carboxylic acids is 2. The largest absolute Gasteiger partial charge is 0.350 e. The van der Waals surface area contributed by atoms with Crippen LogP contribution in [0.4, 0.5) is 0 Å². The maximum atomic E-state index is 12.9. The first kappa shape index (κ1) is 21.3. The first-order chi connectivity index (χ1) is 14.6. The Bertz CT molecular complexity index is 916. The first-order valence-corrected chi connectivity index (χ1v) is 10.4. The highest BCUT2D eigenvalue weighted by atomic mass is 16.2. The molecule has 0 aliphatic carbocycles. The van der Waals surface area contributed by atoms with Gasteiger partial charge in [-0.3, -0.25) is 9.59 Å². The number of benzene rings is 2. The van der Waals surface area contributed by atoms with Crippen molar-refractivity contribution in [2.45, 2.75) is 31.7 Å². The summed E-state index contributed by atoms with van der Waals surface area (Å²) in [5.74, 6) is -0.0973. The Morgan fingerprint density at radius 3 is 2.60 bits per heavy atom. The highest BCUT2D eigenvalue weighted by molar-refractivity contribution is 5.94. The molecule has 0 radical (unpaired) electrons. The second-order valence-electron chi connectivity index (χ2n) is 7.63. The van der Waals surface area contributed by atoms with Crippen molar-refractivity contribution in [1.29, 1.82) is 5.26 Å². The van der Waals surface area contributed by atoms with Gasteiger partial charge in [0.05, 0.1) is 11.6 Å². The van der Waals surface area contributed by atoms with Gasteiger partial charge in [0.15, 0.2) is 0 Å². The number of nitrogens with zero attached hydrogens (tertiary/aromatic N) is 2. The summed E-state index contributed by atoms with van der Waals surface area (Å²) in [5, 5.41) is 11.8. The highest BCUT2D eigenvalue weighted by Gasteiger charge is 2.38. The van der Waals surface area contributed by atoms with E-state index in [4.69, 9.17) is 5.26 Å². The third kappa shape index (κ3) is 5.36. The number of rotatable bonds is 9. The van der Waals surface area contributed by atoms with Gasteiger partial charge in [-0.2, -0.15) is 5.26 Å². The summed E-state index contributed by atoms with van der Waals surface area (Å²) in [6.07, 6.45) is 4.98. The summed E-state index contributed by atoms with van der Waals surface area (Å²) in [7, 11) is 0. The molecule has 30 heavy (non-hydrogen) atoms. The van der Waals surface area contributed by atoms with Crippen molar-refractivity contribution >= 4 is 11.8 Å². The molecule has 0 saturated carbocycles. The van der Waals surface area contributed by atoms with Gasteiger partial charge in [0.1, 0.15) is 0 Å².